The Balaban J connectivity index is 1.86. The number of hydrogen-bond donors (Lipinski definition) is 0. The van der Waals surface area contributed by atoms with Crippen molar-refractivity contribution in [1.29, 1.82) is 0 Å². The van der Waals surface area contributed by atoms with Gasteiger partial charge in [-0.05, 0) is 45.2 Å². The van der Waals surface area contributed by atoms with Crippen LogP contribution in [0.5, 0.6) is 0 Å². The minimum atomic E-state index is 0.911. The number of furan rings is 1. The topological polar surface area (TPSA) is 13.1 Å². The van der Waals surface area contributed by atoms with E-state index in [4.69, 9.17) is 4.42 Å². The van der Waals surface area contributed by atoms with Crippen molar-refractivity contribution in [3.05, 3.63) is 125 Å². The van der Waals surface area contributed by atoms with E-state index in [0.717, 1.165) is 51.3 Å². The number of aryl methyl sites for hydroxylation is 3. The number of allylic oxidation sites excluding steroid dienone is 6. The minimum Gasteiger partial charge on any atom is -0.455 e. The van der Waals surface area contributed by atoms with Gasteiger partial charge in [0.2, 0.25) is 0 Å². The lowest BCUT2D eigenvalue weighted by molar-refractivity contribution is 0.570. The molecule has 0 N–H and O–H groups in total. The third-order valence-electron chi connectivity index (χ3n) is 6.45. The molecule has 0 fully saturated rings. The zero-order valence-corrected chi connectivity index (χ0v) is 20.4. The van der Waals surface area contributed by atoms with Crippen molar-refractivity contribution in [2.24, 2.45) is 0 Å². The smallest absolute Gasteiger partial charge is 0.143 e. The Morgan fingerprint density at radius 2 is 1.00 bits per heavy atom. The van der Waals surface area contributed by atoms with Crippen LogP contribution < -0.4 is 0 Å². The summed E-state index contributed by atoms with van der Waals surface area (Å²) in [4.78, 5) is 0. The fourth-order valence-electron chi connectivity index (χ4n) is 4.41. The monoisotopic (exact) mass is 442 g/mol. The molecule has 1 aliphatic carbocycles. The normalized spacial score (nSPS) is 13.4. The third kappa shape index (κ3) is 4.34. The lowest BCUT2D eigenvalue weighted by Gasteiger charge is -2.10. The van der Waals surface area contributed by atoms with Crippen LogP contribution in [-0.4, -0.2) is 0 Å². The molecule has 1 aliphatic rings. The van der Waals surface area contributed by atoms with E-state index in [0.29, 0.717) is 0 Å². The summed E-state index contributed by atoms with van der Waals surface area (Å²) in [5.41, 5.74) is 11.9. The molecule has 0 bridgehead atoms. The van der Waals surface area contributed by atoms with Gasteiger partial charge in [-0.1, -0.05) is 119 Å². The Hall–Kier alpha value is -3.84. The van der Waals surface area contributed by atoms with Gasteiger partial charge >= 0.3 is 0 Å². The third-order valence-corrected chi connectivity index (χ3v) is 6.45. The molecule has 0 unspecified atom stereocenters. The second-order valence-corrected chi connectivity index (χ2v) is 9.35. The quantitative estimate of drug-likeness (QED) is 0.307. The first kappa shape index (κ1) is 22.0. The van der Waals surface area contributed by atoms with Crippen molar-refractivity contribution in [2.75, 3.05) is 0 Å². The van der Waals surface area contributed by atoms with E-state index in [2.05, 4.69) is 125 Å². The number of hydrogen-bond acceptors (Lipinski definition) is 1. The summed E-state index contributed by atoms with van der Waals surface area (Å²) in [6, 6.07) is 26.2. The first-order valence-electron chi connectivity index (χ1n) is 11.9. The van der Waals surface area contributed by atoms with Crippen molar-refractivity contribution in [3.8, 4) is 33.6 Å². The van der Waals surface area contributed by atoms with Crippen molar-refractivity contribution < 1.29 is 4.42 Å². The van der Waals surface area contributed by atoms with Gasteiger partial charge in [0, 0.05) is 22.3 Å². The molecule has 1 nitrogen and oxygen atoms in total. The summed E-state index contributed by atoms with van der Waals surface area (Å²) < 4.78 is 6.82. The maximum absolute atomic E-state index is 6.82. The predicted molar refractivity (Wildman–Crippen MR) is 145 cm³/mol. The zero-order valence-electron chi connectivity index (χ0n) is 20.4. The van der Waals surface area contributed by atoms with E-state index in [1.165, 1.54) is 22.3 Å². The van der Waals surface area contributed by atoms with E-state index in [9.17, 15) is 0 Å². The Morgan fingerprint density at radius 1 is 0.529 bits per heavy atom. The molecule has 0 saturated heterocycles. The van der Waals surface area contributed by atoms with E-state index in [1.807, 2.05) is 0 Å². The van der Waals surface area contributed by atoms with E-state index < -0.39 is 0 Å². The average molecular weight is 443 g/mol. The largest absolute Gasteiger partial charge is 0.455 e. The standard InChI is InChI=1S/C33H30O/c1-22-6-5-7-28(19-12-22)32-30(26-15-8-23(2)9-16-26)31(27-17-10-24(3)11-18-27)33(34-32)29-20-13-25(4)14-21-29/h5,7-21H,6H2,1-4H3. The Labute approximate surface area is 202 Å². The van der Waals surface area contributed by atoms with Crippen molar-refractivity contribution >= 4 is 5.57 Å². The molecular formula is C33H30O. The van der Waals surface area contributed by atoms with Crippen LogP contribution in [0.1, 0.15) is 35.8 Å². The highest BCUT2D eigenvalue weighted by Gasteiger charge is 2.25. The molecule has 34 heavy (non-hydrogen) atoms. The second kappa shape index (κ2) is 9.19. The van der Waals surface area contributed by atoms with Gasteiger partial charge in [0.25, 0.3) is 0 Å². The molecule has 0 saturated carbocycles. The van der Waals surface area contributed by atoms with Crippen LogP contribution in [-0.2, 0) is 0 Å². The number of benzene rings is 3. The summed E-state index contributed by atoms with van der Waals surface area (Å²) in [5, 5.41) is 0. The number of rotatable bonds is 4. The first-order valence-corrected chi connectivity index (χ1v) is 11.9. The van der Waals surface area contributed by atoms with Crippen LogP contribution in [0.25, 0.3) is 39.2 Å². The maximum Gasteiger partial charge on any atom is 0.143 e. The Bertz CT molecular complexity index is 1400. The Morgan fingerprint density at radius 3 is 1.53 bits per heavy atom. The fourth-order valence-corrected chi connectivity index (χ4v) is 4.41. The molecule has 5 rings (SSSR count). The molecule has 0 amide bonds. The van der Waals surface area contributed by atoms with E-state index in [-0.39, 0.29) is 0 Å². The molecule has 168 valence electrons. The lowest BCUT2D eigenvalue weighted by Crippen LogP contribution is -1.88. The highest BCUT2D eigenvalue weighted by Crippen LogP contribution is 2.47. The van der Waals surface area contributed by atoms with E-state index >= 15 is 0 Å². The van der Waals surface area contributed by atoms with Crippen molar-refractivity contribution in [2.45, 2.75) is 34.1 Å². The Kier molecular flexibility index (Phi) is 5.94. The van der Waals surface area contributed by atoms with Gasteiger partial charge in [-0.2, -0.15) is 0 Å². The molecule has 1 aromatic heterocycles. The van der Waals surface area contributed by atoms with Gasteiger partial charge in [-0.3, -0.25) is 0 Å². The predicted octanol–water partition coefficient (Wildman–Crippen LogP) is 9.50. The summed E-state index contributed by atoms with van der Waals surface area (Å²) in [7, 11) is 0. The molecular weight excluding hydrogens is 412 g/mol. The van der Waals surface area contributed by atoms with Gasteiger partial charge in [0.1, 0.15) is 11.5 Å². The summed E-state index contributed by atoms with van der Waals surface area (Å²) in [6.07, 6.45) is 9.77. The summed E-state index contributed by atoms with van der Waals surface area (Å²) in [6.45, 7) is 8.54. The first-order chi connectivity index (χ1) is 16.5. The fraction of sp³-hybridized carbons (Fsp3) is 0.152. The molecule has 0 spiro atoms. The van der Waals surface area contributed by atoms with E-state index in [1.54, 1.807) is 0 Å². The van der Waals surface area contributed by atoms with Crippen LogP contribution in [0.3, 0.4) is 0 Å². The summed E-state index contributed by atoms with van der Waals surface area (Å²) >= 11 is 0. The molecule has 1 heteroatoms. The van der Waals surface area contributed by atoms with Gasteiger partial charge in [-0.15, -0.1) is 0 Å². The van der Waals surface area contributed by atoms with Crippen molar-refractivity contribution in [3.63, 3.8) is 0 Å². The van der Waals surface area contributed by atoms with Crippen LogP contribution in [0.15, 0.2) is 107 Å². The van der Waals surface area contributed by atoms with Crippen LogP contribution in [0.4, 0.5) is 0 Å². The van der Waals surface area contributed by atoms with Gasteiger partial charge in [0.15, 0.2) is 0 Å². The van der Waals surface area contributed by atoms with Crippen LogP contribution >= 0.6 is 0 Å². The SMILES string of the molecule is CC1=CC=C(c2oc(-c3ccc(C)cc3)c(-c3ccc(C)cc3)c2-c2ccc(C)cc2)C=CC1. The second-order valence-electron chi connectivity index (χ2n) is 9.35. The van der Waals surface area contributed by atoms with Gasteiger partial charge < -0.3 is 4.42 Å². The molecule has 0 aliphatic heterocycles. The minimum absolute atomic E-state index is 0.911. The zero-order chi connectivity index (χ0) is 23.7. The van der Waals surface area contributed by atoms with Crippen LogP contribution in [0, 0.1) is 20.8 Å². The highest BCUT2D eigenvalue weighted by molar-refractivity contribution is 5.99. The maximum atomic E-state index is 6.82. The average Bonchev–Trinajstić information content (AvgIpc) is 3.09. The summed E-state index contributed by atoms with van der Waals surface area (Å²) in [5.74, 6) is 1.82. The molecule has 3 aromatic carbocycles. The lowest BCUT2D eigenvalue weighted by atomic mass is 9.90. The van der Waals surface area contributed by atoms with Gasteiger partial charge in [-0.25, -0.2) is 0 Å². The molecule has 4 aromatic rings. The van der Waals surface area contributed by atoms with Gasteiger partial charge in [0.05, 0.1) is 0 Å². The van der Waals surface area contributed by atoms with Crippen molar-refractivity contribution in [1.82, 2.24) is 0 Å². The highest BCUT2D eigenvalue weighted by atomic mass is 16.3. The molecule has 1 heterocycles. The molecule has 0 atom stereocenters. The molecule has 0 radical (unpaired) electrons. The van der Waals surface area contributed by atoms with Crippen LogP contribution in [0.2, 0.25) is 0 Å².